The number of nitrogens with zero attached hydrogens (tertiary/aromatic N) is 2. The van der Waals surface area contributed by atoms with Crippen molar-refractivity contribution in [3.05, 3.63) is 66.6 Å². The summed E-state index contributed by atoms with van der Waals surface area (Å²) in [5.74, 6) is 0.289. The number of benzene rings is 2. The Kier molecular flexibility index (Phi) is 6.34. The van der Waals surface area contributed by atoms with Gasteiger partial charge in [0.15, 0.2) is 4.90 Å². The number of aliphatic hydroxyl groups is 1. The van der Waals surface area contributed by atoms with Gasteiger partial charge in [0.25, 0.3) is 0 Å². The second-order valence-electron chi connectivity index (χ2n) is 7.47. The minimum absolute atomic E-state index is 0.173. The Balaban J connectivity index is 1.62. The number of aromatic nitrogens is 1. The molecule has 1 aliphatic rings. The van der Waals surface area contributed by atoms with Crippen molar-refractivity contribution >= 4 is 17.2 Å². The van der Waals surface area contributed by atoms with Crippen LogP contribution >= 0.6 is 0 Å². The van der Waals surface area contributed by atoms with Crippen LogP contribution < -0.4 is 5.73 Å². The van der Waals surface area contributed by atoms with Crippen LogP contribution in [0.4, 0.5) is 10.2 Å². The van der Waals surface area contributed by atoms with Gasteiger partial charge in [-0.1, -0.05) is 24.3 Å². The number of hydrogen-bond acceptors (Lipinski definition) is 5. The average Bonchev–Trinajstić information content (AvgIpc) is 2.79. The van der Waals surface area contributed by atoms with Gasteiger partial charge >= 0.3 is 0 Å². The van der Waals surface area contributed by atoms with E-state index in [9.17, 15) is 14.0 Å². The van der Waals surface area contributed by atoms with E-state index in [2.05, 4.69) is 4.98 Å². The molecule has 4 rings (SSSR count). The molecule has 0 aliphatic carbocycles. The van der Waals surface area contributed by atoms with Gasteiger partial charge in [-0.15, -0.1) is 4.31 Å². The summed E-state index contributed by atoms with van der Waals surface area (Å²) in [4.78, 5) is 4.70. The molecular formula is C23H24FN3O2S. The molecule has 0 amide bonds. The third-order valence-corrected chi connectivity index (χ3v) is 7.09. The number of anilines is 1. The Morgan fingerprint density at radius 3 is 2.47 bits per heavy atom. The highest BCUT2D eigenvalue weighted by atomic mass is 32.2. The van der Waals surface area contributed by atoms with E-state index in [1.165, 1.54) is 6.07 Å². The highest BCUT2D eigenvalue weighted by Crippen LogP contribution is 2.34. The summed E-state index contributed by atoms with van der Waals surface area (Å²) in [6.07, 6.45) is 3.19. The van der Waals surface area contributed by atoms with Gasteiger partial charge in [-0.2, -0.15) is 0 Å². The monoisotopic (exact) mass is 425 g/mol. The second-order valence-corrected chi connectivity index (χ2v) is 8.92. The summed E-state index contributed by atoms with van der Waals surface area (Å²) in [6.45, 7) is 1.51. The zero-order chi connectivity index (χ0) is 21.1. The molecule has 5 nitrogen and oxygen atoms in total. The number of pyridine rings is 1. The Hall–Kier alpha value is -2.45. The molecule has 2 heterocycles. The maximum Gasteiger partial charge on any atom is 0.181 e. The molecule has 156 valence electrons. The molecule has 2 aromatic carbocycles. The molecule has 1 atom stereocenters. The van der Waals surface area contributed by atoms with Crippen molar-refractivity contribution in [2.45, 2.75) is 17.7 Å². The molecule has 1 unspecified atom stereocenters. The normalized spacial score (nSPS) is 16.5. The first kappa shape index (κ1) is 20.8. The van der Waals surface area contributed by atoms with Crippen LogP contribution in [0.3, 0.4) is 0 Å². The molecule has 0 radical (unpaired) electrons. The highest BCUT2D eigenvalue weighted by Gasteiger charge is 2.30. The van der Waals surface area contributed by atoms with Crippen LogP contribution in [-0.2, 0) is 11.4 Å². The number of nitrogens with two attached hydrogens (primary N) is 1. The maximum absolute atomic E-state index is 14.9. The number of halogens is 1. The zero-order valence-corrected chi connectivity index (χ0v) is 17.3. The van der Waals surface area contributed by atoms with Crippen LogP contribution in [0, 0.1) is 11.7 Å². The minimum Gasteiger partial charge on any atom is -0.593 e. The zero-order valence-electron chi connectivity index (χ0n) is 16.5. The van der Waals surface area contributed by atoms with Gasteiger partial charge in [0.1, 0.15) is 11.6 Å². The average molecular weight is 426 g/mol. The first-order valence-corrected chi connectivity index (χ1v) is 11.1. The molecule has 1 aliphatic heterocycles. The summed E-state index contributed by atoms with van der Waals surface area (Å²) in [5.41, 5.74) is 8.13. The molecule has 7 heteroatoms. The lowest BCUT2D eigenvalue weighted by Crippen LogP contribution is -2.39. The van der Waals surface area contributed by atoms with E-state index in [4.69, 9.17) is 5.73 Å². The molecule has 1 aromatic heterocycles. The van der Waals surface area contributed by atoms with E-state index < -0.39 is 11.4 Å². The first-order chi connectivity index (χ1) is 14.6. The van der Waals surface area contributed by atoms with E-state index in [1.807, 2.05) is 34.6 Å². The van der Waals surface area contributed by atoms with Crippen molar-refractivity contribution in [2.24, 2.45) is 5.92 Å². The second kappa shape index (κ2) is 9.14. The van der Waals surface area contributed by atoms with Gasteiger partial charge in [-0.05, 0) is 54.7 Å². The predicted molar refractivity (Wildman–Crippen MR) is 117 cm³/mol. The van der Waals surface area contributed by atoms with E-state index in [1.54, 1.807) is 24.4 Å². The van der Waals surface area contributed by atoms with Crippen LogP contribution in [0.25, 0.3) is 22.3 Å². The van der Waals surface area contributed by atoms with Crippen molar-refractivity contribution in [3.8, 4) is 22.3 Å². The topological polar surface area (TPSA) is 85.4 Å². The highest BCUT2D eigenvalue weighted by molar-refractivity contribution is 7.89. The summed E-state index contributed by atoms with van der Waals surface area (Å²) < 4.78 is 30.1. The molecule has 3 aromatic rings. The summed E-state index contributed by atoms with van der Waals surface area (Å²) in [6, 6.07) is 15.8. The van der Waals surface area contributed by atoms with Crippen LogP contribution in [-0.4, -0.2) is 38.6 Å². The fourth-order valence-electron chi connectivity index (χ4n) is 3.74. The van der Waals surface area contributed by atoms with Crippen LogP contribution in [0.15, 0.2) is 65.7 Å². The van der Waals surface area contributed by atoms with Gasteiger partial charge < -0.3 is 15.4 Å². The minimum atomic E-state index is -1.34. The number of hydrogen-bond donors (Lipinski definition) is 2. The van der Waals surface area contributed by atoms with Crippen molar-refractivity contribution in [1.82, 2.24) is 9.29 Å². The number of rotatable bonds is 5. The lowest BCUT2D eigenvalue weighted by atomic mass is 10.00. The SMILES string of the molecule is Nc1ccc(-c2ccc(-c3ccccc3[S+]([O-])N3CCC(CO)CC3)cc2F)cn1. The fourth-order valence-corrected chi connectivity index (χ4v) is 5.13. The standard InChI is InChI=1S/C23H24FN3O2S/c24-21-13-17(5-7-19(21)18-6-8-23(25)26-14-18)20-3-1-2-4-22(20)30(29)27-11-9-16(15-28)10-12-27/h1-8,13-14,16,28H,9-12,15H2,(H2,25,26). The van der Waals surface area contributed by atoms with Crippen molar-refractivity contribution in [3.63, 3.8) is 0 Å². The van der Waals surface area contributed by atoms with Crippen molar-refractivity contribution in [1.29, 1.82) is 0 Å². The Bertz CT molecular complexity index is 1010. The number of aliphatic hydroxyl groups excluding tert-OH is 1. The molecule has 3 N–H and O–H groups in total. The summed E-state index contributed by atoms with van der Waals surface area (Å²) in [7, 11) is 0. The molecule has 0 bridgehead atoms. The molecule has 1 saturated heterocycles. The van der Waals surface area contributed by atoms with E-state index in [0.29, 0.717) is 40.5 Å². The Morgan fingerprint density at radius 2 is 1.80 bits per heavy atom. The van der Waals surface area contributed by atoms with Gasteiger partial charge in [0, 0.05) is 42.6 Å². The van der Waals surface area contributed by atoms with E-state index >= 15 is 0 Å². The fraction of sp³-hybridized carbons (Fsp3) is 0.261. The summed E-state index contributed by atoms with van der Waals surface area (Å²) in [5, 5.41) is 9.33. The largest absolute Gasteiger partial charge is 0.593 e. The molecule has 0 saturated carbocycles. The van der Waals surface area contributed by atoms with Crippen molar-refractivity contribution in [2.75, 3.05) is 25.4 Å². The lowest BCUT2D eigenvalue weighted by Gasteiger charge is -2.31. The molecular weight excluding hydrogens is 401 g/mol. The first-order valence-electron chi connectivity index (χ1n) is 9.95. The number of nitrogen functional groups attached to an aromatic ring is 1. The van der Waals surface area contributed by atoms with E-state index in [-0.39, 0.29) is 18.3 Å². The maximum atomic E-state index is 14.9. The van der Waals surface area contributed by atoms with Crippen LogP contribution in [0.1, 0.15) is 12.8 Å². The lowest BCUT2D eigenvalue weighted by molar-refractivity contribution is 0.170. The van der Waals surface area contributed by atoms with E-state index in [0.717, 1.165) is 18.4 Å². The molecule has 30 heavy (non-hydrogen) atoms. The van der Waals surface area contributed by atoms with Crippen LogP contribution in [0.5, 0.6) is 0 Å². The Morgan fingerprint density at radius 1 is 1.07 bits per heavy atom. The predicted octanol–water partition coefficient (Wildman–Crippen LogP) is 3.86. The summed E-state index contributed by atoms with van der Waals surface area (Å²) >= 11 is -1.34. The van der Waals surface area contributed by atoms with Gasteiger partial charge in [-0.25, -0.2) is 9.37 Å². The third kappa shape index (κ3) is 4.34. The van der Waals surface area contributed by atoms with Gasteiger partial charge in [0.05, 0.1) is 11.4 Å². The quantitative estimate of drug-likeness (QED) is 0.606. The smallest absolute Gasteiger partial charge is 0.181 e. The number of piperidine rings is 1. The van der Waals surface area contributed by atoms with Gasteiger partial charge in [-0.3, -0.25) is 0 Å². The van der Waals surface area contributed by atoms with Gasteiger partial charge in [0.2, 0.25) is 0 Å². The van der Waals surface area contributed by atoms with Crippen molar-refractivity contribution < 1.29 is 14.0 Å². The third-order valence-electron chi connectivity index (χ3n) is 5.52. The van der Waals surface area contributed by atoms with Crippen LogP contribution in [0.2, 0.25) is 0 Å². The Labute approximate surface area is 178 Å². The molecule has 1 fully saturated rings. The molecule has 0 spiro atoms.